The molecule has 2 aromatic carbocycles. The highest BCUT2D eigenvalue weighted by atomic mass is 19.4. The SMILES string of the molecule is CN1c2cc(F)cc3c(O)c(C(=O)NCC(=O)OC(C)(C)C)c(=O)n(c23)CC1c1ccc(C(F)(F)F)cc1. The number of carbonyl (C=O) groups excluding carboxylic acids is 2. The lowest BCUT2D eigenvalue weighted by molar-refractivity contribution is -0.153. The number of benzene rings is 2. The molecule has 202 valence electrons. The molecule has 0 saturated heterocycles. The third kappa shape index (κ3) is 5.02. The number of alkyl halides is 3. The third-order valence-electron chi connectivity index (χ3n) is 6.14. The van der Waals surface area contributed by atoms with E-state index in [4.69, 9.17) is 4.74 Å². The maximum Gasteiger partial charge on any atom is 0.416 e. The van der Waals surface area contributed by atoms with E-state index in [0.29, 0.717) is 5.56 Å². The first-order valence-corrected chi connectivity index (χ1v) is 11.6. The summed E-state index contributed by atoms with van der Waals surface area (Å²) in [4.78, 5) is 40.0. The minimum Gasteiger partial charge on any atom is -0.506 e. The first-order valence-electron chi connectivity index (χ1n) is 11.6. The molecule has 1 unspecified atom stereocenters. The van der Waals surface area contributed by atoms with Crippen LogP contribution in [0, 0.1) is 5.82 Å². The molecule has 3 aromatic rings. The van der Waals surface area contributed by atoms with Gasteiger partial charge in [0.2, 0.25) is 0 Å². The van der Waals surface area contributed by atoms with E-state index in [2.05, 4.69) is 5.32 Å². The van der Waals surface area contributed by atoms with Gasteiger partial charge in [0.05, 0.1) is 29.4 Å². The van der Waals surface area contributed by atoms with Crippen LogP contribution in [-0.2, 0) is 22.3 Å². The summed E-state index contributed by atoms with van der Waals surface area (Å²) in [7, 11) is 1.59. The van der Waals surface area contributed by atoms with Gasteiger partial charge in [-0.25, -0.2) is 4.39 Å². The number of aromatic hydroxyl groups is 1. The molecule has 38 heavy (non-hydrogen) atoms. The number of amides is 1. The molecule has 8 nitrogen and oxygen atoms in total. The fourth-order valence-corrected chi connectivity index (χ4v) is 4.47. The van der Waals surface area contributed by atoms with Gasteiger partial charge in [-0.05, 0) is 50.6 Å². The van der Waals surface area contributed by atoms with Crippen LogP contribution < -0.4 is 15.8 Å². The van der Waals surface area contributed by atoms with Crippen molar-refractivity contribution < 1.29 is 37.0 Å². The first kappa shape index (κ1) is 27.0. The topological polar surface area (TPSA) is 101 Å². The van der Waals surface area contributed by atoms with E-state index in [9.17, 15) is 37.1 Å². The molecule has 1 aliphatic heterocycles. The summed E-state index contributed by atoms with van der Waals surface area (Å²) in [6, 6.07) is 5.77. The average molecular weight is 535 g/mol. The van der Waals surface area contributed by atoms with Crippen molar-refractivity contribution in [3.63, 3.8) is 0 Å². The molecule has 2 N–H and O–H groups in total. The van der Waals surface area contributed by atoms with Gasteiger partial charge >= 0.3 is 12.1 Å². The molecule has 0 radical (unpaired) electrons. The number of pyridine rings is 1. The Morgan fingerprint density at radius 3 is 2.34 bits per heavy atom. The number of esters is 1. The minimum absolute atomic E-state index is 0.109. The summed E-state index contributed by atoms with van der Waals surface area (Å²) in [6.07, 6.45) is -4.53. The Morgan fingerprint density at radius 2 is 1.76 bits per heavy atom. The van der Waals surface area contributed by atoms with Crippen LogP contribution in [0.2, 0.25) is 0 Å². The number of halogens is 4. The third-order valence-corrected chi connectivity index (χ3v) is 6.14. The van der Waals surface area contributed by atoms with Gasteiger partial charge in [0.15, 0.2) is 0 Å². The van der Waals surface area contributed by atoms with E-state index in [1.807, 2.05) is 0 Å². The van der Waals surface area contributed by atoms with Crippen LogP contribution in [0.3, 0.4) is 0 Å². The molecular weight excluding hydrogens is 510 g/mol. The Hall–Kier alpha value is -4.09. The molecule has 0 aliphatic carbocycles. The van der Waals surface area contributed by atoms with Crippen LogP contribution in [0.25, 0.3) is 10.9 Å². The summed E-state index contributed by atoms with van der Waals surface area (Å²) < 4.78 is 60.1. The van der Waals surface area contributed by atoms with Gasteiger partial charge in [-0.15, -0.1) is 0 Å². The highest BCUT2D eigenvalue weighted by Gasteiger charge is 2.34. The Balaban J connectivity index is 1.77. The normalized spacial score (nSPS) is 15.5. The molecule has 12 heteroatoms. The summed E-state index contributed by atoms with van der Waals surface area (Å²) in [5, 5.41) is 13.0. The maximum absolute atomic E-state index is 14.6. The number of nitrogens with zero attached hydrogens (tertiary/aromatic N) is 2. The van der Waals surface area contributed by atoms with Crippen molar-refractivity contribution in [2.75, 3.05) is 18.5 Å². The number of likely N-dealkylation sites (N-methyl/N-ethyl adjacent to an activating group) is 1. The predicted octanol–water partition coefficient (Wildman–Crippen LogP) is 4.13. The smallest absolute Gasteiger partial charge is 0.416 e. The van der Waals surface area contributed by atoms with Crippen molar-refractivity contribution in [1.29, 1.82) is 0 Å². The van der Waals surface area contributed by atoms with Crippen molar-refractivity contribution in [3.05, 3.63) is 69.3 Å². The van der Waals surface area contributed by atoms with Gasteiger partial charge in [-0.3, -0.25) is 14.4 Å². The number of hydrogen-bond acceptors (Lipinski definition) is 6. The van der Waals surface area contributed by atoms with Gasteiger partial charge in [-0.2, -0.15) is 13.2 Å². The predicted molar refractivity (Wildman–Crippen MR) is 131 cm³/mol. The van der Waals surface area contributed by atoms with Crippen molar-refractivity contribution in [1.82, 2.24) is 9.88 Å². The van der Waals surface area contributed by atoms with Gasteiger partial charge in [-0.1, -0.05) is 12.1 Å². The second-order valence-electron chi connectivity index (χ2n) is 9.98. The van der Waals surface area contributed by atoms with Crippen LogP contribution >= 0.6 is 0 Å². The van der Waals surface area contributed by atoms with E-state index in [1.165, 1.54) is 16.7 Å². The molecule has 1 aromatic heterocycles. The van der Waals surface area contributed by atoms with Crippen LogP contribution in [0.1, 0.15) is 48.3 Å². The zero-order valence-corrected chi connectivity index (χ0v) is 20.9. The summed E-state index contributed by atoms with van der Waals surface area (Å²) in [6.45, 7) is 4.21. The van der Waals surface area contributed by atoms with Crippen molar-refractivity contribution in [2.45, 2.75) is 45.1 Å². The van der Waals surface area contributed by atoms with Crippen molar-refractivity contribution in [2.24, 2.45) is 0 Å². The standard InChI is InChI=1S/C26H25F4N3O5/c1-25(2,3)38-19(34)11-31-23(36)20-22(35)16-9-15(27)10-17-21(16)33(24(20)37)12-18(32(17)4)13-5-7-14(8-6-13)26(28,29)30/h5-10,18,35H,11-12H2,1-4H3,(H,31,36). The minimum atomic E-state index is -4.53. The van der Waals surface area contributed by atoms with Crippen LogP contribution in [0.15, 0.2) is 41.2 Å². The molecular formula is C26H25F4N3O5. The van der Waals surface area contributed by atoms with E-state index >= 15 is 0 Å². The molecule has 1 aliphatic rings. The quantitative estimate of drug-likeness (QED) is 0.385. The molecule has 1 amide bonds. The zero-order chi connectivity index (χ0) is 28.2. The fourth-order valence-electron chi connectivity index (χ4n) is 4.47. The second-order valence-corrected chi connectivity index (χ2v) is 9.98. The fraction of sp³-hybridized carbons (Fsp3) is 0.346. The Morgan fingerprint density at radius 1 is 1.13 bits per heavy atom. The molecule has 2 heterocycles. The van der Waals surface area contributed by atoms with Gasteiger partial charge in [0.1, 0.15) is 29.3 Å². The summed E-state index contributed by atoms with van der Waals surface area (Å²) >= 11 is 0. The molecule has 4 rings (SSSR count). The van der Waals surface area contributed by atoms with Crippen molar-refractivity contribution >= 4 is 28.5 Å². The van der Waals surface area contributed by atoms with Gasteiger partial charge in [0, 0.05) is 12.4 Å². The molecule has 0 saturated carbocycles. The number of carbonyl (C=O) groups is 2. The molecule has 0 bridgehead atoms. The Labute approximate surface area is 214 Å². The van der Waals surface area contributed by atoms with Gasteiger partial charge < -0.3 is 24.6 Å². The maximum atomic E-state index is 14.6. The lowest BCUT2D eigenvalue weighted by Crippen LogP contribution is -2.41. The van der Waals surface area contributed by atoms with Crippen LogP contribution in [0.4, 0.5) is 23.2 Å². The van der Waals surface area contributed by atoms with E-state index < -0.39 is 64.5 Å². The van der Waals surface area contributed by atoms with E-state index in [-0.39, 0.29) is 23.1 Å². The highest BCUT2D eigenvalue weighted by Crippen LogP contribution is 2.41. The number of hydrogen-bond donors (Lipinski definition) is 2. The van der Waals surface area contributed by atoms with E-state index in [1.54, 1.807) is 32.7 Å². The second kappa shape index (κ2) is 9.34. The molecule has 0 fully saturated rings. The molecule has 0 spiro atoms. The number of nitrogens with one attached hydrogen (secondary N) is 1. The van der Waals surface area contributed by atoms with Crippen molar-refractivity contribution in [3.8, 4) is 5.75 Å². The Kier molecular flexibility index (Phi) is 6.62. The number of anilines is 1. The highest BCUT2D eigenvalue weighted by molar-refractivity contribution is 6.05. The largest absolute Gasteiger partial charge is 0.506 e. The van der Waals surface area contributed by atoms with Gasteiger partial charge in [0.25, 0.3) is 11.5 Å². The average Bonchev–Trinajstić information content (AvgIpc) is 2.80. The number of aromatic nitrogens is 1. The lowest BCUT2D eigenvalue weighted by atomic mass is 9.98. The zero-order valence-electron chi connectivity index (χ0n) is 20.9. The molecule has 1 atom stereocenters. The van der Waals surface area contributed by atoms with E-state index in [0.717, 1.165) is 24.3 Å². The van der Waals surface area contributed by atoms with Crippen LogP contribution in [-0.4, -0.2) is 40.7 Å². The Bertz CT molecular complexity index is 1490. The van der Waals surface area contributed by atoms with Crippen LogP contribution in [0.5, 0.6) is 5.75 Å². The lowest BCUT2D eigenvalue weighted by Gasteiger charge is -2.37. The number of rotatable bonds is 4. The summed E-state index contributed by atoms with van der Waals surface area (Å²) in [5.41, 5.74) is -2.50. The first-order chi connectivity index (χ1) is 17.6. The monoisotopic (exact) mass is 535 g/mol. The summed E-state index contributed by atoms with van der Waals surface area (Å²) in [5.74, 6) is -3.37. The number of ether oxygens (including phenoxy) is 1.